The number of carbonyl (C=O) groups excluding carboxylic acids is 1. The highest BCUT2D eigenvalue weighted by Crippen LogP contribution is 2.28. The van der Waals surface area contributed by atoms with E-state index in [4.69, 9.17) is 4.74 Å². The quantitative estimate of drug-likeness (QED) is 0.457. The van der Waals surface area contributed by atoms with Gasteiger partial charge in [0.1, 0.15) is 5.82 Å². The van der Waals surface area contributed by atoms with Crippen LogP contribution in [0.15, 0.2) is 60.9 Å². The molecule has 0 amide bonds. The van der Waals surface area contributed by atoms with E-state index in [1.54, 1.807) is 0 Å². The first-order valence-electron chi connectivity index (χ1n) is 9.80. The summed E-state index contributed by atoms with van der Waals surface area (Å²) in [6, 6.07) is 16.2. The first kappa shape index (κ1) is 19.0. The smallest absolute Gasteiger partial charge is 0.337 e. The largest absolute Gasteiger partial charge is 0.465 e. The van der Waals surface area contributed by atoms with Crippen molar-refractivity contribution < 1.29 is 9.53 Å². The minimum absolute atomic E-state index is 0.306. The number of carbonyl (C=O) groups is 1. The monoisotopic (exact) mass is 387 g/mol. The summed E-state index contributed by atoms with van der Waals surface area (Å²) in [5.41, 5.74) is 5.61. The molecule has 29 heavy (non-hydrogen) atoms. The number of rotatable bonds is 6. The minimum atomic E-state index is -0.306. The van der Waals surface area contributed by atoms with Gasteiger partial charge in [-0.3, -0.25) is 0 Å². The maximum absolute atomic E-state index is 11.7. The van der Waals surface area contributed by atoms with Crippen LogP contribution in [0.1, 0.15) is 33.0 Å². The maximum Gasteiger partial charge on any atom is 0.337 e. The molecule has 0 saturated heterocycles. The number of esters is 1. The second-order valence-corrected chi connectivity index (χ2v) is 7.27. The molecule has 0 aliphatic heterocycles. The molecule has 2 aromatic carbocycles. The molecule has 2 aromatic heterocycles. The lowest BCUT2D eigenvalue weighted by Crippen LogP contribution is -2.09. The fourth-order valence-corrected chi connectivity index (χ4v) is 3.94. The van der Waals surface area contributed by atoms with Gasteiger partial charge in [-0.15, -0.1) is 0 Å². The van der Waals surface area contributed by atoms with Crippen molar-refractivity contribution in [3.05, 3.63) is 89.1 Å². The Hall–Kier alpha value is -3.34. The Balaban J connectivity index is 1.65. The van der Waals surface area contributed by atoms with Gasteiger partial charge >= 0.3 is 5.97 Å². The first-order valence-corrected chi connectivity index (χ1v) is 9.80. The Morgan fingerprint density at radius 1 is 1.03 bits per heavy atom. The number of imidazole rings is 1. The van der Waals surface area contributed by atoms with Crippen LogP contribution in [-0.4, -0.2) is 27.2 Å². The number of hydrogen-bond donors (Lipinski definition) is 0. The number of fused-ring (bicyclic) bond motifs is 1. The lowest BCUT2D eigenvalue weighted by Gasteiger charge is -2.11. The van der Waals surface area contributed by atoms with Gasteiger partial charge in [0.25, 0.3) is 0 Å². The van der Waals surface area contributed by atoms with Gasteiger partial charge in [-0.25, -0.2) is 9.78 Å². The summed E-state index contributed by atoms with van der Waals surface area (Å²) < 4.78 is 9.37. The number of para-hydroxylation sites is 1. The minimum Gasteiger partial charge on any atom is -0.465 e. The molecule has 0 fully saturated rings. The lowest BCUT2D eigenvalue weighted by molar-refractivity contribution is 0.0600. The second-order valence-electron chi connectivity index (χ2n) is 7.27. The highest BCUT2D eigenvalue weighted by Gasteiger charge is 2.15. The molecule has 0 aliphatic rings. The molecular weight excluding hydrogens is 362 g/mol. The molecule has 0 unspecified atom stereocenters. The van der Waals surface area contributed by atoms with Crippen molar-refractivity contribution in [2.24, 2.45) is 0 Å². The van der Waals surface area contributed by atoms with Crippen molar-refractivity contribution in [3.8, 4) is 0 Å². The fraction of sp³-hybridized carbons (Fsp3) is 0.250. The van der Waals surface area contributed by atoms with E-state index in [1.165, 1.54) is 34.8 Å². The van der Waals surface area contributed by atoms with Crippen molar-refractivity contribution in [1.29, 1.82) is 0 Å². The van der Waals surface area contributed by atoms with E-state index in [1.807, 2.05) is 43.6 Å². The Morgan fingerprint density at radius 2 is 1.79 bits per heavy atom. The van der Waals surface area contributed by atoms with Crippen LogP contribution in [0.4, 0.5) is 0 Å². The number of benzene rings is 2. The standard InChI is InChI=1S/C24H25N3O2/c1-17-22(16-19-8-10-20(11-9-19)24(28)29-3)21-6-4-5-7-23(21)27(17)15-14-26-13-12-25-18(26)2/h4-13H,14-16H2,1-3H3. The summed E-state index contributed by atoms with van der Waals surface area (Å²) >= 11 is 0. The van der Waals surface area contributed by atoms with Crippen molar-refractivity contribution in [1.82, 2.24) is 14.1 Å². The molecule has 0 atom stereocenters. The summed E-state index contributed by atoms with van der Waals surface area (Å²) in [4.78, 5) is 16.0. The molecular formula is C24H25N3O2. The molecule has 0 bridgehead atoms. The molecule has 0 radical (unpaired) electrons. The normalized spacial score (nSPS) is 11.1. The van der Waals surface area contributed by atoms with Crippen molar-refractivity contribution in [2.75, 3.05) is 7.11 Å². The van der Waals surface area contributed by atoms with Gasteiger partial charge in [0.15, 0.2) is 0 Å². The number of aryl methyl sites for hydroxylation is 3. The zero-order valence-electron chi connectivity index (χ0n) is 17.1. The van der Waals surface area contributed by atoms with Crippen molar-refractivity contribution in [3.63, 3.8) is 0 Å². The number of hydrogen-bond acceptors (Lipinski definition) is 3. The van der Waals surface area contributed by atoms with Crippen LogP contribution in [-0.2, 0) is 24.2 Å². The Labute approximate surface area is 170 Å². The third-order valence-corrected chi connectivity index (χ3v) is 5.61. The van der Waals surface area contributed by atoms with E-state index in [-0.39, 0.29) is 5.97 Å². The van der Waals surface area contributed by atoms with E-state index in [0.29, 0.717) is 5.56 Å². The highest BCUT2D eigenvalue weighted by molar-refractivity contribution is 5.89. The van der Waals surface area contributed by atoms with Crippen LogP contribution in [0.3, 0.4) is 0 Å². The molecule has 4 rings (SSSR count). The summed E-state index contributed by atoms with van der Waals surface area (Å²) in [7, 11) is 1.40. The van der Waals surface area contributed by atoms with Crippen LogP contribution in [0.5, 0.6) is 0 Å². The Kier molecular flexibility index (Phi) is 5.21. The number of aromatic nitrogens is 3. The van der Waals surface area contributed by atoms with Crippen LogP contribution < -0.4 is 0 Å². The van der Waals surface area contributed by atoms with Gasteiger partial charge in [-0.05, 0) is 49.6 Å². The molecule has 148 valence electrons. The predicted octanol–water partition coefficient (Wildman–Crippen LogP) is 4.53. The molecule has 4 aromatic rings. The highest BCUT2D eigenvalue weighted by atomic mass is 16.5. The van der Waals surface area contributed by atoms with Crippen LogP contribution in [0.25, 0.3) is 10.9 Å². The number of nitrogens with zero attached hydrogens (tertiary/aromatic N) is 3. The number of methoxy groups -OCH3 is 1. The predicted molar refractivity (Wildman–Crippen MR) is 114 cm³/mol. The lowest BCUT2D eigenvalue weighted by atomic mass is 10.0. The summed E-state index contributed by atoms with van der Waals surface area (Å²) in [6.07, 6.45) is 4.70. The second kappa shape index (κ2) is 7.95. The Morgan fingerprint density at radius 3 is 2.48 bits per heavy atom. The molecule has 5 nitrogen and oxygen atoms in total. The SMILES string of the molecule is COC(=O)c1ccc(Cc2c(C)n(CCn3ccnc3C)c3ccccc23)cc1. The van der Waals surface area contributed by atoms with E-state index >= 15 is 0 Å². The third-order valence-electron chi connectivity index (χ3n) is 5.61. The fourth-order valence-electron chi connectivity index (χ4n) is 3.94. The molecule has 0 spiro atoms. The topological polar surface area (TPSA) is 49.0 Å². The van der Waals surface area contributed by atoms with E-state index in [9.17, 15) is 4.79 Å². The van der Waals surface area contributed by atoms with Crippen LogP contribution in [0.2, 0.25) is 0 Å². The van der Waals surface area contributed by atoms with Crippen molar-refractivity contribution >= 4 is 16.9 Å². The molecule has 2 heterocycles. The van der Waals surface area contributed by atoms with Gasteiger partial charge in [-0.2, -0.15) is 0 Å². The van der Waals surface area contributed by atoms with E-state index < -0.39 is 0 Å². The first-order chi connectivity index (χ1) is 14.1. The van der Waals surface area contributed by atoms with Gasteiger partial charge in [0, 0.05) is 42.1 Å². The van der Waals surface area contributed by atoms with E-state index in [2.05, 4.69) is 45.3 Å². The van der Waals surface area contributed by atoms with Crippen molar-refractivity contribution in [2.45, 2.75) is 33.4 Å². The zero-order valence-corrected chi connectivity index (χ0v) is 17.1. The Bertz CT molecular complexity index is 1150. The average Bonchev–Trinajstić information content (AvgIpc) is 3.27. The summed E-state index contributed by atoms with van der Waals surface area (Å²) in [5.74, 6) is 0.726. The average molecular weight is 387 g/mol. The molecule has 5 heteroatoms. The zero-order chi connectivity index (χ0) is 20.4. The third kappa shape index (κ3) is 3.68. The van der Waals surface area contributed by atoms with Crippen LogP contribution in [0, 0.1) is 13.8 Å². The maximum atomic E-state index is 11.7. The van der Waals surface area contributed by atoms with E-state index in [0.717, 1.165) is 25.3 Å². The molecule has 0 aliphatic carbocycles. The molecule has 0 N–H and O–H groups in total. The number of ether oxygens (including phenoxy) is 1. The summed E-state index contributed by atoms with van der Waals surface area (Å²) in [6.45, 7) is 6.01. The van der Waals surface area contributed by atoms with Gasteiger partial charge in [-0.1, -0.05) is 30.3 Å². The van der Waals surface area contributed by atoms with Crippen LogP contribution >= 0.6 is 0 Å². The van der Waals surface area contributed by atoms with Gasteiger partial charge in [0.05, 0.1) is 12.7 Å². The van der Waals surface area contributed by atoms with Gasteiger partial charge < -0.3 is 13.9 Å². The van der Waals surface area contributed by atoms with Gasteiger partial charge in [0.2, 0.25) is 0 Å². The summed E-state index contributed by atoms with van der Waals surface area (Å²) in [5, 5.41) is 1.28. The molecule has 0 saturated carbocycles.